The van der Waals surface area contributed by atoms with Gasteiger partial charge in [-0.1, -0.05) is 6.42 Å². The zero-order valence-electron chi connectivity index (χ0n) is 12.4. The van der Waals surface area contributed by atoms with Gasteiger partial charge in [0.1, 0.15) is 5.82 Å². The van der Waals surface area contributed by atoms with Gasteiger partial charge in [-0.15, -0.1) is 0 Å². The van der Waals surface area contributed by atoms with Crippen molar-refractivity contribution >= 4 is 11.7 Å². The number of aromatic nitrogens is 2. The number of fused-ring (bicyclic) bond motifs is 2. The molecule has 4 rings (SSSR count). The van der Waals surface area contributed by atoms with Gasteiger partial charge in [0.2, 0.25) is 5.91 Å². The molecule has 0 aromatic carbocycles. The molecule has 3 aliphatic rings. The summed E-state index contributed by atoms with van der Waals surface area (Å²) < 4.78 is 1.97. The van der Waals surface area contributed by atoms with Crippen molar-refractivity contribution in [3.05, 3.63) is 12.3 Å². The quantitative estimate of drug-likeness (QED) is 0.906. The average Bonchev–Trinajstić information content (AvgIpc) is 3.23. The van der Waals surface area contributed by atoms with Crippen LogP contribution in [0.25, 0.3) is 0 Å². The Labute approximate surface area is 125 Å². The lowest BCUT2D eigenvalue weighted by Crippen LogP contribution is -2.43. The van der Waals surface area contributed by atoms with E-state index in [1.165, 1.54) is 19.3 Å². The third-order valence-corrected chi connectivity index (χ3v) is 5.83. The van der Waals surface area contributed by atoms with Gasteiger partial charge in [-0.05, 0) is 50.0 Å². The minimum atomic E-state index is 0.334. The van der Waals surface area contributed by atoms with Crippen molar-refractivity contribution in [2.45, 2.75) is 44.6 Å². The molecule has 5 heteroatoms. The molecule has 3 unspecified atom stereocenters. The van der Waals surface area contributed by atoms with E-state index in [-0.39, 0.29) is 0 Å². The molecule has 2 aliphatic carbocycles. The first-order valence-corrected chi connectivity index (χ1v) is 8.30. The predicted octanol–water partition coefficient (Wildman–Crippen LogP) is 2.06. The van der Waals surface area contributed by atoms with Crippen molar-refractivity contribution in [1.29, 1.82) is 0 Å². The largest absolute Gasteiger partial charge is 0.382 e. The molecular formula is C16H24N4O. The van der Waals surface area contributed by atoms with Crippen molar-refractivity contribution in [1.82, 2.24) is 14.7 Å². The van der Waals surface area contributed by atoms with Gasteiger partial charge in [0.05, 0.1) is 6.04 Å². The van der Waals surface area contributed by atoms with Crippen LogP contribution in [-0.2, 0) is 4.79 Å². The maximum atomic E-state index is 12.7. The number of hydrogen-bond donors (Lipinski definition) is 1. The fourth-order valence-electron chi connectivity index (χ4n) is 4.69. The van der Waals surface area contributed by atoms with Gasteiger partial charge in [-0.25, -0.2) is 0 Å². The number of hydrogen-bond acceptors (Lipinski definition) is 3. The first kappa shape index (κ1) is 13.2. The number of rotatable bonds is 2. The molecule has 1 amide bonds. The molecule has 21 heavy (non-hydrogen) atoms. The topological polar surface area (TPSA) is 64.2 Å². The van der Waals surface area contributed by atoms with Gasteiger partial charge in [0.15, 0.2) is 0 Å². The van der Waals surface area contributed by atoms with Crippen molar-refractivity contribution in [3.8, 4) is 0 Å². The number of nitrogens with zero attached hydrogens (tertiary/aromatic N) is 3. The van der Waals surface area contributed by atoms with Crippen molar-refractivity contribution in [3.63, 3.8) is 0 Å². The number of likely N-dealkylation sites (tertiary alicyclic amines) is 1. The molecule has 2 heterocycles. The lowest BCUT2D eigenvalue weighted by atomic mass is 9.87. The highest BCUT2D eigenvalue weighted by atomic mass is 16.2. The van der Waals surface area contributed by atoms with E-state index in [1.54, 1.807) is 0 Å². The SMILES string of the molecule is Nc1ccn(C2CCN(C(=O)C3CC4CCC3C4)CC2)n1. The summed E-state index contributed by atoms with van der Waals surface area (Å²) in [5, 5.41) is 4.30. The summed E-state index contributed by atoms with van der Waals surface area (Å²) in [4.78, 5) is 14.8. The molecule has 114 valence electrons. The molecule has 0 radical (unpaired) electrons. The Kier molecular flexibility index (Phi) is 3.16. The number of carbonyl (C=O) groups excluding carboxylic acids is 1. The normalized spacial score (nSPS) is 32.8. The first-order chi connectivity index (χ1) is 10.2. The van der Waals surface area contributed by atoms with Crippen LogP contribution in [-0.4, -0.2) is 33.7 Å². The van der Waals surface area contributed by atoms with E-state index in [0.29, 0.717) is 29.6 Å². The molecular weight excluding hydrogens is 264 g/mol. The molecule has 1 aromatic rings. The van der Waals surface area contributed by atoms with Gasteiger partial charge >= 0.3 is 0 Å². The van der Waals surface area contributed by atoms with E-state index in [2.05, 4.69) is 10.00 Å². The number of amides is 1. The van der Waals surface area contributed by atoms with Crippen LogP contribution in [0.2, 0.25) is 0 Å². The molecule has 0 spiro atoms. The van der Waals surface area contributed by atoms with Crippen molar-refractivity contribution in [2.75, 3.05) is 18.8 Å². The fourth-order valence-corrected chi connectivity index (χ4v) is 4.69. The second-order valence-electron chi connectivity index (χ2n) is 7.06. The minimum absolute atomic E-state index is 0.334. The second kappa shape index (κ2) is 5.04. The van der Waals surface area contributed by atoms with E-state index in [1.807, 2.05) is 16.9 Å². The summed E-state index contributed by atoms with van der Waals surface area (Å²) in [5.41, 5.74) is 5.68. The van der Waals surface area contributed by atoms with E-state index < -0.39 is 0 Å². The predicted molar refractivity (Wildman–Crippen MR) is 80.4 cm³/mol. The smallest absolute Gasteiger partial charge is 0.225 e. The molecule has 1 saturated heterocycles. The molecule has 3 atom stereocenters. The van der Waals surface area contributed by atoms with E-state index >= 15 is 0 Å². The first-order valence-electron chi connectivity index (χ1n) is 8.30. The number of nitrogens with two attached hydrogens (primary N) is 1. The third-order valence-electron chi connectivity index (χ3n) is 5.83. The zero-order chi connectivity index (χ0) is 14.4. The molecule has 1 aliphatic heterocycles. The van der Waals surface area contributed by atoms with E-state index in [4.69, 9.17) is 5.73 Å². The maximum Gasteiger partial charge on any atom is 0.225 e. The minimum Gasteiger partial charge on any atom is -0.382 e. The molecule has 2 bridgehead atoms. The highest BCUT2D eigenvalue weighted by molar-refractivity contribution is 5.79. The number of anilines is 1. The van der Waals surface area contributed by atoms with Crippen LogP contribution in [0.15, 0.2) is 12.3 Å². The summed E-state index contributed by atoms with van der Waals surface area (Å²) in [7, 11) is 0. The Hall–Kier alpha value is -1.52. The average molecular weight is 288 g/mol. The third kappa shape index (κ3) is 2.32. The summed E-state index contributed by atoms with van der Waals surface area (Å²) in [6.45, 7) is 1.74. The summed E-state index contributed by atoms with van der Waals surface area (Å²) >= 11 is 0. The van der Waals surface area contributed by atoms with Gasteiger partial charge < -0.3 is 10.6 Å². The fraction of sp³-hybridized carbons (Fsp3) is 0.750. The Morgan fingerprint density at radius 3 is 2.57 bits per heavy atom. The van der Waals surface area contributed by atoms with Crippen LogP contribution in [0.4, 0.5) is 5.82 Å². The number of nitrogen functional groups attached to an aromatic ring is 1. The molecule has 2 saturated carbocycles. The summed E-state index contributed by atoms with van der Waals surface area (Å²) in [5.74, 6) is 2.87. The van der Waals surface area contributed by atoms with Crippen molar-refractivity contribution < 1.29 is 4.79 Å². The highest BCUT2D eigenvalue weighted by Crippen LogP contribution is 2.49. The van der Waals surface area contributed by atoms with Gasteiger partial charge in [0, 0.05) is 25.2 Å². The van der Waals surface area contributed by atoms with Gasteiger partial charge in [0.25, 0.3) is 0 Å². The summed E-state index contributed by atoms with van der Waals surface area (Å²) in [6.07, 6.45) is 9.04. The van der Waals surface area contributed by atoms with Crippen LogP contribution < -0.4 is 5.73 Å². The van der Waals surface area contributed by atoms with E-state index in [0.717, 1.165) is 38.3 Å². The molecule has 3 fully saturated rings. The Morgan fingerprint density at radius 1 is 1.19 bits per heavy atom. The van der Waals surface area contributed by atoms with Crippen LogP contribution in [0.5, 0.6) is 0 Å². The Morgan fingerprint density at radius 2 is 2.00 bits per heavy atom. The van der Waals surface area contributed by atoms with Gasteiger partial charge in [-0.3, -0.25) is 9.48 Å². The van der Waals surface area contributed by atoms with Crippen LogP contribution in [0, 0.1) is 17.8 Å². The second-order valence-corrected chi connectivity index (χ2v) is 7.06. The lowest BCUT2D eigenvalue weighted by molar-refractivity contribution is -0.138. The van der Waals surface area contributed by atoms with E-state index in [9.17, 15) is 4.79 Å². The molecule has 1 aromatic heterocycles. The zero-order valence-corrected chi connectivity index (χ0v) is 12.4. The highest BCUT2D eigenvalue weighted by Gasteiger charge is 2.44. The summed E-state index contributed by atoms with van der Waals surface area (Å²) in [6, 6.07) is 2.23. The monoisotopic (exact) mass is 288 g/mol. The lowest BCUT2D eigenvalue weighted by Gasteiger charge is -2.35. The van der Waals surface area contributed by atoms with Crippen molar-refractivity contribution in [2.24, 2.45) is 17.8 Å². The van der Waals surface area contributed by atoms with Crippen LogP contribution >= 0.6 is 0 Å². The standard InChI is InChI=1S/C16H24N4O/c17-15-5-8-20(18-15)13-3-6-19(7-4-13)16(21)14-10-11-1-2-12(14)9-11/h5,8,11-14H,1-4,6-7,9-10H2,(H2,17,18). The Balaban J connectivity index is 1.36. The number of carbonyl (C=O) groups is 1. The van der Waals surface area contributed by atoms with Crippen LogP contribution in [0.3, 0.4) is 0 Å². The Bertz CT molecular complexity index is 532. The maximum absolute atomic E-state index is 12.7. The van der Waals surface area contributed by atoms with Gasteiger partial charge in [-0.2, -0.15) is 5.10 Å². The van der Waals surface area contributed by atoms with Crippen LogP contribution in [0.1, 0.15) is 44.6 Å². The molecule has 5 nitrogen and oxygen atoms in total. The molecule has 2 N–H and O–H groups in total. The number of piperidine rings is 1.